The molecule has 1 heterocycles. The minimum Gasteiger partial charge on any atom is -0.493 e. The fourth-order valence-corrected chi connectivity index (χ4v) is 3.46. The first-order valence-corrected chi connectivity index (χ1v) is 9.29. The molecule has 2 aromatic rings. The quantitative estimate of drug-likeness (QED) is 0.474. The minimum atomic E-state index is -0.0339. The van der Waals surface area contributed by atoms with Gasteiger partial charge in [0.15, 0.2) is 28.8 Å². The molecule has 7 nitrogen and oxygen atoms in total. The summed E-state index contributed by atoms with van der Waals surface area (Å²) in [6.07, 6.45) is 1.47. The summed E-state index contributed by atoms with van der Waals surface area (Å²) in [6, 6.07) is 7.06. The van der Waals surface area contributed by atoms with E-state index in [9.17, 15) is 9.59 Å². The van der Waals surface area contributed by atoms with Crippen molar-refractivity contribution in [2.45, 2.75) is 19.9 Å². The van der Waals surface area contributed by atoms with Gasteiger partial charge in [-0.2, -0.15) is 0 Å². The van der Waals surface area contributed by atoms with Crippen molar-refractivity contribution in [3.63, 3.8) is 0 Å². The number of methoxy groups -OCH3 is 2. The van der Waals surface area contributed by atoms with Gasteiger partial charge in [-0.15, -0.1) is 0 Å². The van der Waals surface area contributed by atoms with Gasteiger partial charge in [0.2, 0.25) is 6.79 Å². The van der Waals surface area contributed by atoms with Crippen LogP contribution in [0.3, 0.4) is 0 Å². The van der Waals surface area contributed by atoms with Crippen molar-refractivity contribution < 1.29 is 28.5 Å². The van der Waals surface area contributed by atoms with Crippen LogP contribution in [0.1, 0.15) is 38.8 Å². The van der Waals surface area contributed by atoms with E-state index in [-0.39, 0.29) is 12.6 Å². The highest BCUT2D eigenvalue weighted by Crippen LogP contribution is 2.36. The summed E-state index contributed by atoms with van der Waals surface area (Å²) in [5.41, 5.74) is 2.86. The van der Waals surface area contributed by atoms with Crippen molar-refractivity contribution in [2.75, 3.05) is 34.6 Å². The van der Waals surface area contributed by atoms with E-state index in [1.54, 1.807) is 32.4 Å². The summed E-state index contributed by atoms with van der Waals surface area (Å²) in [4.78, 5) is 25.6. The van der Waals surface area contributed by atoms with Gasteiger partial charge in [-0.1, -0.05) is 0 Å². The predicted molar refractivity (Wildman–Crippen MR) is 108 cm³/mol. The maximum absolute atomic E-state index is 12.1. The highest BCUT2D eigenvalue weighted by molar-refractivity contribution is 5.96. The van der Waals surface area contributed by atoms with Gasteiger partial charge in [-0.3, -0.25) is 9.59 Å². The van der Waals surface area contributed by atoms with Crippen LogP contribution in [0.25, 0.3) is 0 Å². The van der Waals surface area contributed by atoms with Crippen LogP contribution in [0.5, 0.6) is 23.0 Å². The van der Waals surface area contributed by atoms with Crippen molar-refractivity contribution in [3.8, 4) is 23.0 Å². The predicted octanol–water partition coefficient (Wildman–Crippen LogP) is 3.12. The monoisotopic (exact) mass is 399 g/mol. The lowest BCUT2D eigenvalue weighted by molar-refractivity contribution is 0.101. The Morgan fingerprint density at radius 3 is 2.52 bits per heavy atom. The number of likely N-dealkylation sites (N-methyl/N-ethyl adjacent to an activating group) is 1. The fraction of sp³-hybridized carbons (Fsp3) is 0.364. The average Bonchev–Trinajstić information content (AvgIpc) is 3.18. The van der Waals surface area contributed by atoms with Crippen molar-refractivity contribution in [1.29, 1.82) is 0 Å². The number of hydrogen-bond acceptors (Lipinski definition) is 7. The van der Waals surface area contributed by atoms with Crippen LogP contribution in [0, 0.1) is 0 Å². The second kappa shape index (κ2) is 8.96. The molecule has 0 fully saturated rings. The average molecular weight is 399 g/mol. The lowest BCUT2D eigenvalue weighted by atomic mass is 10.0. The van der Waals surface area contributed by atoms with E-state index in [4.69, 9.17) is 18.9 Å². The molecule has 0 radical (unpaired) electrons. The molecular formula is C22H25NO6. The summed E-state index contributed by atoms with van der Waals surface area (Å²) >= 11 is 0. The molecule has 1 aliphatic heterocycles. The van der Waals surface area contributed by atoms with E-state index >= 15 is 0 Å². The number of ether oxygens (including phenoxy) is 4. The molecule has 0 aliphatic carbocycles. The first kappa shape index (κ1) is 20.7. The zero-order valence-electron chi connectivity index (χ0n) is 17.1. The van der Waals surface area contributed by atoms with Crippen molar-refractivity contribution in [3.05, 3.63) is 46.5 Å². The SMILES string of the molecule is COc1ccc(C(C)=O)c(CN(C)CCc2cc3c(cc2C=O)OCO3)c1OC. The third-order valence-electron chi connectivity index (χ3n) is 4.98. The Balaban J connectivity index is 1.79. The molecule has 0 amide bonds. The lowest BCUT2D eigenvalue weighted by Gasteiger charge is -2.22. The summed E-state index contributed by atoms with van der Waals surface area (Å²) in [5, 5.41) is 0. The molecule has 0 aromatic heterocycles. The number of hydrogen-bond donors (Lipinski definition) is 0. The lowest BCUT2D eigenvalue weighted by Crippen LogP contribution is -2.23. The molecule has 154 valence electrons. The second-order valence-electron chi connectivity index (χ2n) is 6.89. The van der Waals surface area contributed by atoms with Gasteiger partial charge in [-0.05, 0) is 50.2 Å². The van der Waals surface area contributed by atoms with Gasteiger partial charge < -0.3 is 23.8 Å². The molecule has 0 saturated heterocycles. The fourth-order valence-electron chi connectivity index (χ4n) is 3.46. The molecule has 0 bridgehead atoms. The molecular weight excluding hydrogens is 374 g/mol. The van der Waals surface area contributed by atoms with Crippen LogP contribution in [0.4, 0.5) is 0 Å². The number of ketones is 1. The van der Waals surface area contributed by atoms with E-state index in [0.29, 0.717) is 53.6 Å². The van der Waals surface area contributed by atoms with Crippen LogP contribution in [0.15, 0.2) is 24.3 Å². The van der Waals surface area contributed by atoms with Crippen LogP contribution in [-0.2, 0) is 13.0 Å². The Morgan fingerprint density at radius 1 is 1.17 bits per heavy atom. The smallest absolute Gasteiger partial charge is 0.231 e. The topological polar surface area (TPSA) is 74.3 Å². The van der Waals surface area contributed by atoms with Crippen molar-refractivity contribution in [2.24, 2.45) is 0 Å². The van der Waals surface area contributed by atoms with Crippen LogP contribution in [-0.4, -0.2) is 51.6 Å². The van der Waals surface area contributed by atoms with Gasteiger partial charge in [0.1, 0.15) is 6.29 Å². The van der Waals surface area contributed by atoms with E-state index < -0.39 is 0 Å². The molecule has 29 heavy (non-hydrogen) atoms. The van der Waals surface area contributed by atoms with E-state index in [2.05, 4.69) is 4.90 Å². The Morgan fingerprint density at radius 2 is 1.90 bits per heavy atom. The zero-order valence-corrected chi connectivity index (χ0v) is 17.1. The minimum absolute atomic E-state index is 0.0339. The molecule has 3 rings (SSSR count). The van der Waals surface area contributed by atoms with Gasteiger partial charge in [0.05, 0.1) is 14.2 Å². The van der Waals surface area contributed by atoms with E-state index in [1.807, 2.05) is 13.1 Å². The largest absolute Gasteiger partial charge is 0.493 e. The normalized spacial score (nSPS) is 12.2. The third-order valence-corrected chi connectivity index (χ3v) is 4.98. The Kier molecular flexibility index (Phi) is 6.39. The summed E-state index contributed by atoms with van der Waals surface area (Å²) in [7, 11) is 5.09. The Labute approximate surface area is 170 Å². The molecule has 0 N–H and O–H groups in total. The molecule has 0 saturated carbocycles. The highest BCUT2D eigenvalue weighted by Gasteiger charge is 2.20. The number of Topliss-reactive ketones (excluding diaryl/α,β-unsaturated/α-hetero) is 1. The summed E-state index contributed by atoms with van der Waals surface area (Å²) in [5.74, 6) is 2.36. The van der Waals surface area contributed by atoms with Crippen LogP contribution < -0.4 is 18.9 Å². The number of aldehydes is 1. The summed E-state index contributed by atoms with van der Waals surface area (Å²) in [6.45, 7) is 2.86. The van der Waals surface area contributed by atoms with E-state index in [1.165, 1.54) is 6.92 Å². The first-order valence-electron chi connectivity index (χ1n) is 9.29. The van der Waals surface area contributed by atoms with Crippen molar-refractivity contribution >= 4 is 12.1 Å². The third kappa shape index (κ3) is 4.35. The summed E-state index contributed by atoms with van der Waals surface area (Å²) < 4.78 is 21.7. The molecule has 7 heteroatoms. The number of nitrogens with zero attached hydrogens (tertiary/aromatic N) is 1. The van der Waals surface area contributed by atoms with Gasteiger partial charge in [0.25, 0.3) is 0 Å². The van der Waals surface area contributed by atoms with Gasteiger partial charge in [0, 0.05) is 29.8 Å². The molecule has 0 unspecified atom stereocenters. The number of benzene rings is 2. The number of carbonyl (C=O) groups is 2. The highest BCUT2D eigenvalue weighted by atomic mass is 16.7. The van der Waals surface area contributed by atoms with Gasteiger partial charge >= 0.3 is 0 Å². The molecule has 0 spiro atoms. The Bertz CT molecular complexity index is 924. The maximum Gasteiger partial charge on any atom is 0.231 e. The van der Waals surface area contributed by atoms with E-state index in [0.717, 1.165) is 17.4 Å². The molecule has 0 atom stereocenters. The zero-order chi connectivity index (χ0) is 21.0. The first-order chi connectivity index (χ1) is 14.0. The Hall–Kier alpha value is -3.06. The number of fused-ring (bicyclic) bond motifs is 1. The van der Waals surface area contributed by atoms with Crippen LogP contribution >= 0.6 is 0 Å². The van der Waals surface area contributed by atoms with Crippen LogP contribution in [0.2, 0.25) is 0 Å². The number of rotatable bonds is 9. The maximum atomic E-state index is 12.1. The molecule has 1 aliphatic rings. The molecule has 2 aromatic carbocycles. The number of carbonyl (C=O) groups excluding carboxylic acids is 2. The second-order valence-corrected chi connectivity index (χ2v) is 6.89. The van der Waals surface area contributed by atoms with Crippen molar-refractivity contribution in [1.82, 2.24) is 4.90 Å². The standard InChI is InChI=1S/C22H25NO6/c1-14(25)17-5-6-19(26-3)22(27-4)18(17)11-23(2)8-7-15-9-20-21(29-13-28-20)10-16(15)12-24/h5-6,9-10,12H,7-8,11,13H2,1-4H3. The van der Waals surface area contributed by atoms with Gasteiger partial charge in [-0.25, -0.2) is 0 Å².